The van der Waals surface area contributed by atoms with Crippen LogP contribution in [0.15, 0.2) is 93.9 Å². The first-order valence-electron chi connectivity index (χ1n) is 26.6. The fourth-order valence-electron chi connectivity index (χ4n) is 10.6. The van der Waals surface area contributed by atoms with Crippen molar-refractivity contribution in [2.45, 2.75) is 176 Å². The number of nitrogens with one attached hydrogen (secondary N) is 3. The van der Waals surface area contributed by atoms with Gasteiger partial charge in [0.1, 0.15) is 16.2 Å². The van der Waals surface area contributed by atoms with Crippen LogP contribution in [-0.2, 0) is 66.8 Å². The molecule has 21 heteroatoms. The Balaban J connectivity index is 1.46. The molecule has 3 amide bonds. The van der Waals surface area contributed by atoms with Gasteiger partial charge in [-0.2, -0.15) is 16.8 Å². The van der Waals surface area contributed by atoms with Crippen molar-refractivity contribution in [2.75, 3.05) is 30.3 Å². The molecule has 2 aliphatic heterocycles. The number of carboxylic acid groups (broad SMARTS) is 1. The van der Waals surface area contributed by atoms with Crippen molar-refractivity contribution in [3.63, 3.8) is 0 Å². The lowest BCUT2D eigenvalue weighted by Gasteiger charge is -2.34. The lowest BCUT2D eigenvalue weighted by Crippen LogP contribution is -2.47. The number of benzene rings is 2. The van der Waals surface area contributed by atoms with Crippen LogP contribution < -0.4 is 20.9 Å². The Bertz CT molecular complexity index is 2860. The molecule has 2 aromatic rings. The number of carbonyl (C=O) groups is 4. The fraction of sp³-hybridized carbons (Fsp3) is 0.564. The molecular formula is C55H77N4O14S3-. The highest BCUT2D eigenvalue weighted by Crippen LogP contribution is 2.51. The van der Waals surface area contributed by atoms with Gasteiger partial charge in [-0.3, -0.25) is 28.3 Å². The largest absolute Gasteiger partial charge is 0.744 e. The van der Waals surface area contributed by atoms with E-state index in [0.29, 0.717) is 119 Å². The summed E-state index contributed by atoms with van der Waals surface area (Å²) < 4.78 is 105. The molecule has 2 bridgehead atoms. The summed E-state index contributed by atoms with van der Waals surface area (Å²) in [6, 6.07) is 8.05. The molecule has 0 spiro atoms. The molecule has 3 unspecified atom stereocenters. The van der Waals surface area contributed by atoms with Gasteiger partial charge in [0.15, 0.2) is 0 Å². The Morgan fingerprint density at radius 3 is 2.20 bits per heavy atom. The van der Waals surface area contributed by atoms with Crippen molar-refractivity contribution < 1.29 is 63.2 Å². The predicted molar refractivity (Wildman–Crippen MR) is 290 cm³/mol. The van der Waals surface area contributed by atoms with Crippen LogP contribution >= 0.6 is 0 Å². The van der Waals surface area contributed by atoms with Gasteiger partial charge < -0.3 is 30.5 Å². The lowest BCUT2D eigenvalue weighted by atomic mass is 9.71. The van der Waals surface area contributed by atoms with Crippen molar-refractivity contribution >= 4 is 59.7 Å². The number of fused-ring (bicyclic) bond motifs is 6. The van der Waals surface area contributed by atoms with Gasteiger partial charge in [0, 0.05) is 61.1 Å². The summed E-state index contributed by atoms with van der Waals surface area (Å²) in [6.07, 6.45) is 21.6. The number of aliphatic carboxylic acids is 1. The highest BCUT2D eigenvalue weighted by atomic mass is 32.2. The van der Waals surface area contributed by atoms with E-state index in [1.54, 1.807) is 12.1 Å². The molecule has 2 aromatic carbocycles. The quantitative estimate of drug-likeness (QED) is 0.0816. The number of amides is 3. The van der Waals surface area contributed by atoms with E-state index in [1.807, 2.05) is 56.1 Å². The van der Waals surface area contributed by atoms with E-state index < -0.39 is 58.9 Å². The molecule has 0 saturated carbocycles. The Hall–Kier alpha value is -5.19. The number of anilines is 1. The average molecular weight is 1110 g/mol. The highest BCUT2D eigenvalue weighted by molar-refractivity contribution is 7.86. The van der Waals surface area contributed by atoms with Gasteiger partial charge in [-0.15, -0.1) is 0 Å². The molecule has 76 heavy (non-hydrogen) atoms. The summed E-state index contributed by atoms with van der Waals surface area (Å²) in [6.45, 7) is 6.75. The number of unbranched alkanes of at least 4 members (excludes halogenated alkanes) is 2. The molecule has 0 fully saturated rings. The normalized spacial score (nSPS) is 23.6. The van der Waals surface area contributed by atoms with E-state index in [0.717, 1.165) is 30.4 Å². The SMILES string of the molecule is CC1(C)C2=CCC(CCCCCC(=O)NC(C(=O)NCCCCCC(=O)O)CCCCNC(=O)CCCCCC3(C)/C(=C/C=C/C=C/2)N(CCCS(=O)(=O)O)c2ccc(S(=O)(=O)O)cc23)Cc2ccc(S(=O)(=O)[O-])cc21. The van der Waals surface area contributed by atoms with Gasteiger partial charge in [0.2, 0.25) is 17.7 Å². The summed E-state index contributed by atoms with van der Waals surface area (Å²) in [5, 5.41) is 17.7. The average Bonchev–Trinajstić information content (AvgIpc) is 3.56. The third-order valence-corrected chi connectivity index (χ3v) is 17.3. The van der Waals surface area contributed by atoms with E-state index in [2.05, 4.69) is 22.0 Å². The van der Waals surface area contributed by atoms with Gasteiger partial charge in [0.25, 0.3) is 20.2 Å². The second kappa shape index (κ2) is 27.9. The first kappa shape index (κ1) is 61.7. The van der Waals surface area contributed by atoms with Gasteiger partial charge in [-0.25, -0.2) is 8.42 Å². The van der Waals surface area contributed by atoms with Crippen molar-refractivity contribution in [3.8, 4) is 0 Å². The minimum Gasteiger partial charge on any atom is -0.744 e. The van der Waals surface area contributed by atoms with Crippen LogP contribution in [-0.4, -0.2) is 99.1 Å². The first-order valence-corrected chi connectivity index (χ1v) is 31.0. The minimum absolute atomic E-state index is 0.0385. The number of hydrogen-bond donors (Lipinski definition) is 6. The van der Waals surface area contributed by atoms with Crippen LogP contribution in [0.4, 0.5) is 5.69 Å². The second-order valence-electron chi connectivity index (χ2n) is 21.1. The Labute approximate surface area is 449 Å². The van der Waals surface area contributed by atoms with Crippen molar-refractivity contribution in [2.24, 2.45) is 5.92 Å². The van der Waals surface area contributed by atoms with E-state index in [-0.39, 0.29) is 65.7 Å². The summed E-state index contributed by atoms with van der Waals surface area (Å²) in [7, 11) is -13.7. The number of allylic oxidation sites excluding steroid dienone is 8. The third kappa shape index (κ3) is 18.5. The zero-order valence-corrected chi connectivity index (χ0v) is 46.5. The van der Waals surface area contributed by atoms with E-state index in [1.165, 1.54) is 24.3 Å². The molecule has 0 radical (unpaired) electrons. The first-order chi connectivity index (χ1) is 35.8. The molecule has 18 nitrogen and oxygen atoms in total. The molecule has 3 aliphatic rings. The van der Waals surface area contributed by atoms with E-state index >= 15 is 0 Å². The zero-order chi connectivity index (χ0) is 55.7. The number of hydrogen-bond acceptors (Lipinski definition) is 12. The van der Waals surface area contributed by atoms with Gasteiger partial charge in [-0.1, -0.05) is 82.4 Å². The third-order valence-electron chi connectivity index (χ3n) is 14.8. The van der Waals surface area contributed by atoms with Crippen LogP contribution in [0.2, 0.25) is 0 Å². The van der Waals surface area contributed by atoms with Gasteiger partial charge in [0.05, 0.1) is 15.5 Å². The highest BCUT2D eigenvalue weighted by Gasteiger charge is 2.43. The maximum Gasteiger partial charge on any atom is 0.303 e. The number of nitrogens with zero attached hydrogens (tertiary/aromatic N) is 1. The molecule has 0 aromatic heterocycles. The second-order valence-corrected chi connectivity index (χ2v) is 25.4. The lowest BCUT2D eigenvalue weighted by molar-refractivity contribution is -0.137. The monoisotopic (exact) mass is 1110 g/mol. The molecule has 420 valence electrons. The number of rotatable bonds is 13. The maximum absolute atomic E-state index is 13.4. The molecule has 2 heterocycles. The summed E-state index contributed by atoms with van der Waals surface area (Å²) in [5.41, 5.74) is 2.81. The van der Waals surface area contributed by atoms with Gasteiger partial charge in [-0.05, 0) is 149 Å². The van der Waals surface area contributed by atoms with Crippen LogP contribution in [0.1, 0.15) is 159 Å². The molecule has 3 atom stereocenters. The Morgan fingerprint density at radius 1 is 0.789 bits per heavy atom. The molecule has 6 N–H and O–H groups in total. The van der Waals surface area contributed by atoms with E-state index in [9.17, 15) is 58.1 Å². The van der Waals surface area contributed by atoms with Crippen molar-refractivity contribution in [3.05, 3.63) is 101 Å². The molecule has 5 rings (SSSR count). The fourth-order valence-corrected chi connectivity index (χ4v) is 12.1. The van der Waals surface area contributed by atoms with Crippen LogP contribution in [0.3, 0.4) is 0 Å². The van der Waals surface area contributed by atoms with Crippen molar-refractivity contribution in [1.82, 2.24) is 16.0 Å². The number of carbonyl (C=O) groups excluding carboxylic acids is 3. The molecular weight excluding hydrogens is 1040 g/mol. The summed E-state index contributed by atoms with van der Waals surface area (Å²) in [4.78, 5) is 51.8. The number of carboxylic acids is 1. The summed E-state index contributed by atoms with van der Waals surface area (Å²) in [5.74, 6) is -1.97. The maximum atomic E-state index is 13.4. The molecule has 0 saturated heterocycles. The Morgan fingerprint density at radius 2 is 1.49 bits per heavy atom. The van der Waals surface area contributed by atoms with Crippen LogP contribution in [0.25, 0.3) is 0 Å². The van der Waals surface area contributed by atoms with Crippen LogP contribution in [0, 0.1) is 5.92 Å². The summed E-state index contributed by atoms with van der Waals surface area (Å²) >= 11 is 0. The van der Waals surface area contributed by atoms with E-state index in [4.69, 9.17) is 5.11 Å². The predicted octanol–water partition coefficient (Wildman–Crippen LogP) is 8.10. The van der Waals surface area contributed by atoms with Crippen LogP contribution in [0.5, 0.6) is 0 Å². The zero-order valence-electron chi connectivity index (χ0n) is 44.1. The minimum atomic E-state index is -4.77. The standard InChI is InChI=1S/C55H78N4O14S3/c1-54(2)42-20-9-5-10-22-49-55(3,46-39-44(76(71,72)73)30-31-48(46)59(49)35-18-36-74(65,66)67)32-15-6-12-23-50(60)56-33-17-14-21-47(53(64)57-34-16-7-13-25-52(62)63)58-51(61)24-11-4-8-19-40(26-28-42)37-41-27-29-43(38-45(41)54)75(68,69)70/h5,9-10,20,22,27-31,38-40,47H,4,6-8,11-19,21,23-26,32-37H2,1-3H3,(H,56,60)(H,57,64)(H,58,61)(H,62,63)(H,65,66,67)(H,68,69,70)(H,71,72,73)/p-1/b10-5+,20-9+,42-28?,49-22-. The van der Waals surface area contributed by atoms with Gasteiger partial charge >= 0.3 is 5.97 Å². The molecule has 1 aliphatic carbocycles. The Kier molecular flexibility index (Phi) is 22.7. The smallest absolute Gasteiger partial charge is 0.303 e. The topological polar surface area (TPSA) is 294 Å². The van der Waals surface area contributed by atoms with Crippen molar-refractivity contribution in [1.29, 1.82) is 0 Å².